The van der Waals surface area contributed by atoms with Crippen LogP contribution in [0.4, 0.5) is 13.6 Å². The fourth-order valence-corrected chi connectivity index (χ4v) is 13.8. The molecule has 7 rings (SSSR count). The molecule has 0 radical (unpaired) electrons. The number of halogens is 2. The minimum absolute atomic E-state index is 0.0111. The largest absolute Gasteiger partial charge is 0.496 e. The van der Waals surface area contributed by atoms with Crippen LogP contribution >= 0.6 is 11.3 Å². The average Bonchev–Trinajstić information content (AvgIpc) is 3.85. The predicted octanol–water partition coefficient (Wildman–Crippen LogP) is 10.1. The second-order valence-corrected chi connectivity index (χ2v) is 22.3. The van der Waals surface area contributed by atoms with Crippen molar-refractivity contribution < 1.29 is 32.6 Å². The van der Waals surface area contributed by atoms with Gasteiger partial charge in [-0.3, -0.25) is 9.58 Å². The molecule has 310 valence electrons. The maximum Gasteiger partial charge on any atom is 0.410 e. The third kappa shape index (κ3) is 8.51. The van der Waals surface area contributed by atoms with Crippen molar-refractivity contribution in [3.8, 4) is 34.1 Å². The number of unbranched alkanes of at least 4 members (excludes halogenated alkanes) is 2. The van der Waals surface area contributed by atoms with Crippen molar-refractivity contribution in [1.82, 2.24) is 19.7 Å². The number of amides is 1. The van der Waals surface area contributed by atoms with Crippen LogP contribution in [-0.2, 0) is 22.3 Å². The number of pyridine rings is 1. The first-order chi connectivity index (χ1) is 28.1. The van der Waals surface area contributed by atoms with E-state index in [4.69, 9.17) is 19.0 Å². The minimum Gasteiger partial charge on any atom is -0.496 e. The molecule has 13 heteroatoms. The van der Waals surface area contributed by atoms with Crippen molar-refractivity contribution in [1.29, 1.82) is 0 Å². The molecular weight excluding hydrogens is 787 g/mol. The number of thiophene rings is 1. The molecule has 9 nitrogen and oxygen atoms in total. The summed E-state index contributed by atoms with van der Waals surface area (Å²) in [5.74, 6) is -1.86. The van der Waals surface area contributed by atoms with Gasteiger partial charge in [-0.2, -0.15) is 5.10 Å². The van der Waals surface area contributed by atoms with Crippen LogP contribution in [0, 0.1) is 11.6 Å². The molecule has 1 N–H and O–H groups in total. The number of benzene rings is 3. The first-order valence-electron chi connectivity index (χ1n) is 20.1. The van der Waals surface area contributed by atoms with E-state index in [-0.39, 0.29) is 40.5 Å². The monoisotopic (exact) mass is 838 g/mol. The van der Waals surface area contributed by atoms with E-state index >= 15 is 4.39 Å². The summed E-state index contributed by atoms with van der Waals surface area (Å²) in [7, 11) is -1.31. The highest BCUT2D eigenvalue weighted by Crippen LogP contribution is 2.47. The predicted molar refractivity (Wildman–Crippen MR) is 232 cm³/mol. The van der Waals surface area contributed by atoms with E-state index in [9.17, 15) is 14.3 Å². The van der Waals surface area contributed by atoms with Gasteiger partial charge in [0.15, 0.2) is 0 Å². The first-order valence-corrected chi connectivity index (χ1v) is 22.9. The Kier molecular flexibility index (Phi) is 12.0. The van der Waals surface area contributed by atoms with Crippen molar-refractivity contribution in [3.05, 3.63) is 108 Å². The maximum atomic E-state index is 15.7. The molecule has 0 unspecified atom stereocenters. The molecule has 6 aromatic rings. The molecule has 1 aliphatic rings. The summed E-state index contributed by atoms with van der Waals surface area (Å²) in [5.41, 5.74) is 0.959. The lowest BCUT2D eigenvalue weighted by atomic mass is 9.98. The van der Waals surface area contributed by atoms with Gasteiger partial charge >= 0.3 is 6.09 Å². The molecule has 0 fully saturated rings. The van der Waals surface area contributed by atoms with E-state index in [1.54, 1.807) is 22.4 Å². The zero-order valence-electron chi connectivity index (χ0n) is 34.7. The van der Waals surface area contributed by atoms with Gasteiger partial charge in [-0.15, -0.1) is 11.3 Å². The molecule has 4 heterocycles. The Balaban J connectivity index is 1.14. The van der Waals surface area contributed by atoms with Crippen LogP contribution in [0.1, 0.15) is 72.9 Å². The second kappa shape index (κ2) is 16.9. The van der Waals surface area contributed by atoms with E-state index in [0.29, 0.717) is 40.9 Å². The molecule has 59 heavy (non-hydrogen) atoms. The highest BCUT2D eigenvalue weighted by atomic mass is 32.1. The van der Waals surface area contributed by atoms with Gasteiger partial charge in [0, 0.05) is 29.0 Å². The number of rotatable bonds is 12. The normalized spacial score (nSPS) is 14.7. The number of hydrogen-bond donors (Lipinski definition) is 1. The van der Waals surface area contributed by atoms with Crippen molar-refractivity contribution in [2.75, 3.05) is 13.7 Å². The number of aromatic nitrogens is 3. The molecular formula is C46H52F2N4O5SSi. The number of carbonyl (C=O) groups is 1. The minimum atomic E-state index is -2.65. The van der Waals surface area contributed by atoms with Crippen molar-refractivity contribution in [3.63, 3.8) is 0 Å². The molecule has 0 saturated carbocycles. The Bertz CT molecular complexity index is 2390. The van der Waals surface area contributed by atoms with Gasteiger partial charge in [-0.1, -0.05) is 94.3 Å². The Labute approximate surface area is 349 Å². The average molecular weight is 839 g/mol. The van der Waals surface area contributed by atoms with Gasteiger partial charge in [-0.25, -0.2) is 18.6 Å². The quantitative estimate of drug-likeness (QED) is 0.0968. The Morgan fingerprint density at radius 1 is 0.915 bits per heavy atom. The van der Waals surface area contributed by atoms with Gasteiger partial charge in [0.2, 0.25) is 5.88 Å². The summed E-state index contributed by atoms with van der Waals surface area (Å²) in [6, 6.07) is 26.5. The number of aromatic hydroxyl groups is 1. The van der Waals surface area contributed by atoms with E-state index in [0.717, 1.165) is 37.1 Å². The van der Waals surface area contributed by atoms with Crippen LogP contribution in [0.3, 0.4) is 0 Å². The summed E-state index contributed by atoms with van der Waals surface area (Å²) in [6.45, 7) is 13.6. The Morgan fingerprint density at radius 2 is 1.59 bits per heavy atom. The second-order valence-electron chi connectivity index (χ2n) is 17.1. The van der Waals surface area contributed by atoms with Crippen molar-refractivity contribution >= 4 is 46.2 Å². The molecule has 3 aromatic carbocycles. The van der Waals surface area contributed by atoms with Gasteiger partial charge < -0.3 is 19.0 Å². The number of hydrogen-bond acceptors (Lipinski definition) is 8. The SMILES string of the molecule is COc1cc(F)cc(F)c1-c1c(-c2cc3n(n2)C[C@@H](CCCCCO[Si](c2ccccc2)(c2ccccc2)C(C)(C)C)N(C(=O)OC(C)(C)C)C3)nc(O)c2ccsc12. The Hall–Kier alpha value is -5.11. The van der Waals surface area contributed by atoms with Crippen molar-refractivity contribution in [2.45, 2.75) is 97.0 Å². The van der Waals surface area contributed by atoms with E-state index < -0.39 is 31.6 Å². The standard InChI is InChI=1S/C46H52F2N4O5SSi/c1-45(2,3)57-44(54)51-28-32-27-37(41-40(42-35(22-24-58-42)43(53)49-41)39-36(48)25-30(47)26-38(39)55-7)50-52(32)29-31(51)17-11-10-16-23-56-59(46(4,5)6,33-18-12-8-13-19-33)34-20-14-9-15-21-34/h8-9,12-15,18-22,24-27,31H,10-11,16-17,23,28-29H2,1-7H3,(H,49,53)/t31-/m1/s1. The Morgan fingerprint density at radius 3 is 2.22 bits per heavy atom. The summed E-state index contributed by atoms with van der Waals surface area (Å²) >= 11 is 1.30. The van der Waals surface area contributed by atoms with Gasteiger partial charge in [0.25, 0.3) is 8.32 Å². The van der Waals surface area contributed by atoms with Crippen LogP contribution in [0.2, 0.25) is 5.04 Å². The lowest BCUT2D eigenvalue weighted by Crippen LogP contribution is -2.66. The molecule has 1 atom stereocenters. The molecule has 0 aliphatic carbocycles. The van der Waals surface area contributed by atoms with Crippen LogP contribution in [0.25, 0.3) is 32.6 Å². The third-order valence-electron chi connectivity index (χ3n) is 10.9. The van der Waals surface area contributed by atoms with E-state index in [1.807, 2.05) is 37.6 Å². The number of nitrogens with zero attached hydrogens (tertiary/aromatic N) is 4. The molecule has 0 bridgehead atoms. The molecule has 1 aliphatic heterocycles. The lowest BCUT2D eigenvalue weighted by molar-refractivity contribution is 0.00526. The van der Waals surface area contributed by atoms with E-state index in [2.05, 4.69) is 74.3 Å². The molecule has 0 saturated heterocycles. The van der Waals surface area contributed by atoms with Crippen LogP contribution < -0.4 is 15.1 Å². The van der Waals surface area contributed by atoms with Crippen LogP contribution in [0.15, 0.2) is 90.3 Å². The lowest BCUT2D eigenvalue weighted by Gasteiger charge is -2.43. The van der Waals surface area contributed by atoms with Crippen molar-refractivity contribution in [2.24, 2.45) is 0 Å². The summed E-state index contributed by atoms with van der Waals surface area (Å²) < 4.78 is 51.0. The molecule has 3 aromatic heterocycles. The van der Waals surface area contributed by atoms with Gasteiger partial charge in [0.05, 0.1) is 42.9 Å². The van der Waals surface area contributed by atoms with Crippen LogP contribution in [0.5, 0.6) is 11.6 Å². The van der Waals surface area contributed by atoms with Crippen LogP contribution in [-0.4, -0.2) is 64.5 Å². The third-order valence-corrected chi connectivity index (χ3v) is 16.9. The smallest absolute Gasteiger partial charge is 0.410 e. The number of fused-ring (bicyclic) bond motifs is 2. The maximum absolute atomic E-state index is 15.7. The summed E-state index contributed by atoms with van der Waals surface area (Å²) in [4.78, 5) is 20.1. The van der Waals surface area contributed by atoms with Gasteiger partial charge in [0.1, 0.15) is 34.4 Å². The number of carbonyl (C=O) groups excluding carboxylic acids is 1. The zero-order valence-corrected chi connectivity index (χ0v) is 36.5. The zero-order chi connectivity index (χ0) is 42.1. The molecule has 0 spiro atoms. The molecule has 1 amide bonds. The topological polar surface area (TPSA) is 98.9 Å². The highest BCUT2D eigenvalue weighted by molar-refractivity contribution is 7.18. The number of ether oxygens (including phenoxy) is 2. The fraction of sp³-hybridized carbons (Fsp3) is 0.370. The summed E-state index contributed by atoms with van der Waals surface area (Å²) in [6.07, 6.45) is 2.88. The number of methoxy groups -OCH3 is 1. The fourth-order valence-electron chi connectivity index (χ4n) is 8.26. The van der Waals surface area contributed by atoms with E-state index in [1.165, 1.54) is 28.8 Å². The van der Waals surface area contributed by atoms with Gasteiger partial charge in [-0.05, 0) is 66.5 Å². The highest BCUT2D eigenvalue weighted by Gasteiger charge is 2.50. The summed E-state index contributed by atoms with van der Waals surface area (Å²) in [5, 5.41) is 20.6. The first kappa shape index (κ1) is 42.0.